The van der Waals surface area contributed by atoms with Crippen LogP contribution in [0.3, 0.4) is 0 Å². The van der Waals surface area contributed by atoms with Crippen molar-refractivity contribution in [1.82, 2.24) is 9.97 Å². The number of anilines is 1. The quantitative estimate of drug-likeness (QED) is 0.506. The van der Waals surface area contributed by atoms with E-state index in [4.69, 9.17) is 11.6 Å². The molecule has 26 heavy (non-hydrogen) atoms. The molecule has 128 valence electrons. The van der Waals surface area contributed by atoms with Gasteiger partial charge in [0.05, 0.1) is 11.2 Å². The second-order valence-corrected chi connectivity index (χ2v) is 7.15. The molecule has 1 amide bonds. The van der Waals surface area contributed by atoms with Crippen LogP contribution < -0.4 is 5.32 Å². The molecular formula is C20H14ClN3OS. The number of amides is 1. The van der Waals surface area contributed by atoms with Crippen LogP contribution in [-0.4, -0.2) is 15.9 Å². The highest BCUT2D eigenvalue weighted by Gasteiger charge is 2.11. The van der Waals surface area contributed by atoms with E-state index in [2.05, 4.69) is 15.3 Å². The highest BCUT2D eigenvalue weighted by atomic mass is 35.5. The summed E-state index contributed by atoms with van der Waals surface area (Å²) in [7, 11) is 0. The Morgan fingerprint density at radius 1 is 1.04 bits per heavy atom. The molecule has 2 aromatic heterocycles. The molecular weight excluding hydrogens is 366 g/mol. The van der Waals surface area contributed by atoms with E-state index in [1.54, 1.807) is 12.1 Å². The van der Waals surface area contributed by atoms with Gasteiger partial charge in [0.15, 0.2) is 5.13 Å². The molecule has 2 heterocycles. The second kappa shape index (κ2) is 6.86. The number of fused-ring (bicyclic) bond motifs is 1. The maximum atomic E-state index is 12.5. The number of carbonyl (C=O) groups is 1. The van der Waals surface area contributed by atoms with Crippen molar-refractivity contribution in [2.75, 3.05) is 5.32 Å². The van der Waals surface area contributed by atoms with Gasteiger partial charge in [-0.2, -0.15) is 0 Å². The van der Waals surface area contributed by atoms with E-state index in [0.29, 0.717) is 15.7 Å². The first kappa shape index (κ1) is 16.7. The van der Waals surface area contributed by atoms with Crippen LogP contribution >= 0.6 is 22.9 Å². The van der Waals surface area contributed by atoms with Crippen LogP contribution in [0.5, 0.6) is 0 Å². The van der Waals surface area contributed by atoms with Gasteiger partial charge >= 0.3 is 0 Å². The van der Waals surface area contributed by atoms with Gasteiger partial charge in [-0.25, -0.2) is 4.98 Å². The van der Waals surface area contributed by atoms with E-state index >= 15 is 0 Å². The lowest BCUT2D eigenvalue weighted by Gasteiger charge is -2.04. The van der Waals surface area contributed by atoms with E-state index in [0.717, 1.165) is 27.9 Å². The van der Waals surface area contributed by atoms with E-state index in [1.807, 2.05) is 54.8 Å². The molecule has 0 aliphatic heterocycles. The number of nitrogens with one attached hydrogen (secondary N) is 1. The maximum Gasteiger partial charge on any atom is 0.257 e. The van der Waals surface area contributed by atoms with Gasteiger partial charge in [0.2, 0.25) is 0 Å². The van der Waals surface area contributed by atoms with Crippen molar-refractivity contribution in [3.05, 3.63) is 76.3 Å². The monoisotopic (exact) mass is 379 g/mol. The summed E-state index contributed by atoms with van der Waals surface area (Å²) in [5.74, 6) is -0.202. The number of aromatic nitrogens is 2. The number of benzene rings is 2. The first-order chi connectivity index (χ1) is 12.6. The highest BCUT2D eigenvalue weighted by Crippen LogP contribution is 2.26. The summed E-state index contributed by atoms with van der Waals surface area (Å²) >= 11 is 7.30. The molecule has 0 aliphatic carbocycles. The van der Waals surface area contributed by atoms with Gasteiger partial charge in [-0.1, -0.05) is 35.9 Å². The minimum Gasteiger partial charge on any atom is -0.298 e. The van der Waals surface area contributed by atoms with Gasteiger partial charge in [-0.05, 0) is 37.3 Å². The summed E-state index contributed by atoms with van der Waals surface area (Å²) in [4.78, 5) is 21.5. The first-order valence-electron chi connectivity index (χ1n) is 7.99. The Bertz CT molecular complexity index is 1110. The van der Waals surface area contributed by atoms with Crippen LogP contribution in [0.25, 0.3) is 22.2 Å². The van der Waals surface area contributed by atoms with Gasteiger partial charge in [-0.15, -0.1) is 11.3 Å². The van der Waals surface area contributed by atoms with Crippen LogP contribution in [0.1, 0.15) is 16.1 Å². The summed E-state index contributed by atoms with van der Waals surface area (Å²) in [5.41, 5.74) is 4.04. The number of hydrogen-bond acceptors (Lipinski definition) is 4. The normalized spacial score (nSPS) is 10.8. The van der Waals surface area contributed by atoms with Crippen molar-refractivity contribution in [3.8, 4) is 11.3 Å². The van der Waals surface area contributed by atoms with Crippen LogP contribution in [0.2, 0.25) is 5.02 Å². The molecule has 0 atom stereocenters. The number of nitrogens with zero attached hydrogens (tertiary/aromatic N) is 2. The average Bonchev–Trinajstić information content (AvgIpc) is 3.10. The second-order valence-electron chi connectivity index (χ2n) is 5.86. The number of aryl methyl sites for hydroxylation is 1. The maximum absolute atomic E-state index is 12.5. The predicted octanol–water partition coefficient (Wildman–Crippen LogP) is 5.57. The van der Waals surface area contributed by atoms with E-state index < -0.39 is 0 Å². The van der Waals surface area contributed by atoms with Gasteiger partial charge in [0.25, 0.3) is 5.91 Å². The standard InChI is InChI=1S/C20H14ClN3OS/c1-12-2-3-13-4-5-15(10-17(13)22-12)19(25)24-20-23-18(11-26-20)14-6-8-16(21)9-7-14/h2-11H,1H3,(H,23,24,25). The van der Waals surface area contributed by atoms with Crippen molar-refractivity contribution in [1.29, 1.82) is 0 Å². The van der Waals surface area contributed by atoms with Gasteiger partial charge in [0.1, 0.15) is 0 Å². The summed E-state index contributed by atoms with van der Waals surface area (Å²) in [5, 5.41) is 7.00. The molecule has 0 bridgehead atoms. The summed E-state index contributed by atoms with van der Waals surface area (Å²) in [6.45, 7) is 1.93. The Balaban J connectivity index is 1.56. The SMILES string of the molecule is Cc1ccc2ccc(C(=O)Nc3nc(-c4ccc(Cl)cc4)cs3)cc2n1. The molecule has 6 heteroatoms. The molecule has 4 rings (SSSR count). The smallest absolute Gasteiger partial charge is 0.257 e. The zero-order valence-electron chi connectivity index (χ0n) is 13.9. The molecule has 1 N–H and O–H groups in total. The van der Waals surface area contributed by atoms with Crippen molar-refractivity contribution in [3.63, 3.8) is 0 Å². The van der Waals surface area contributed by atoms with Crippen LogP contribution in [0.4, 0.5) is 5.13 Å². The number of thiazole rings is 1. The zero-order valence-corrected chi connectivity index (χ0v) is 15.4. The molecule has 0 radical (unpaired) electrons. The Labute approximate surface area is 159 Å². The van der Waals surface area contributed by atoms with Gasteiger partial charge in [0, 0.05) is 32.6 Å². The fraction of sp³-hybridized carbons (Fsp3) is 0.0500. The molecule has 4 aromatic rings. The third-order valence-electron chi connectivity index (χ3n) is 3.96. The molecule has 0 saturated heterocycles. The third-order valence-corrected chi connectivity index (χ3v) is 4.97. The van der Waals surface area contributed by atoms with Crippen LogP contribution in [0.15, 0.2) is 60.0 Å². The third kappa shape index (κ3) is 3.45. The number of rotatable bonds is 3. The largest absolute Gasteiger partial charge is 0.298 e. The molecule has 2 aromatic carbocycles. The fourth-order valence-electron chi connectivity index (χ4n) is 2.61. The lowest BCUT2D eigenvalue weighted by atomic mass is 10.1. The first-order valence-corrected chi connectivity index (χ1v) is 9.24. The molecule has 0 unspecified atom stereocenters. The highest BCUT2D eigenvalue weighted by molar-refractivity contribution is 7.14. The lowest BCUT2D eigenvalue weighted by Crippen LogP contribution is -2.11. The van der Waals surface area contributed by atoms with Crippen molar-refractivity contribution in [2.45, 2.75) is 6.92 Å². The Morgan fingerprint density at radius 2 is 1.81 bits per heavy atom. The predicted molar refractivity (Wildman–Crippen MR) is 107 cm³/mol. The topological polar surface area (TPSA) is 54.9 Å². The Hall–Kier alpha value is -2.76. The van der Waals surface area contributed by atoms with Gasteiger partial charge in [-0.3, -0.25) is 15.1 Å². The summed E-state index contributed by atoms with van der Waals surface area (Å²) < 4.78 is 0. The van der Waals surface area contributed by atoms with E-state index in [9.17, 15) is 4.79 Å². The number of halogens is 1. The molecule has 0 spiro atoms. The average molecular weight is 380 g/mol. The molecule has 0 saturated carbocycles. The number of hydrogen-bond donors (Lipinski definition) is 1. The van der Waals surface area contributed by atoms with Crippen molar-refractivity contribution >= 4 is 44.9 Å². The molecule has 0 aliphatic rings. The number of carbonyl (C=O) groups excluding carboxylic acids is 1. The van der Waals surface area contributed by atoms with Crippen molar-refractivity contribution < 1.29 is 4.79 Å². The fourth-order valence-corrected chi connectivity index (χ4v) is 3.45. The van der Waals surface area contributed by atoms with Crippen LogP contribution in [0, 0.1) is 6.92 Å². The summed E-state index contributed by atoms with van der Waals surface area (Å²) in [6.07, 6.45) is 0. The molecule has 4 nitrogen and oxygen atoms in total. The lowest BCUT2D eigenvalue weighted by molar-refractivity contribution is 0.102. The Kier molecular flexibility index (Phi) is 4.41. The van der Waals surface area contributed by atoms with E-state index in [1.165, 1.54) is 11.3 Å². The van der Waals surface area contributed by atoms with E-state index in [-0.39, 0.29) is 5.91 Å². The zero-order chi connectivity index (χ0) is 18.1. The van der Waals surface area contributed by atoms with Crippen molar-refractivity contribution in [2.24, 2.45) is 0 Å². The summed E-state index contributed by atoms with van der Waals surface area (Å²) in [6, 6.07) is 16.9. The number of pyridine rings is 1. The minimum absolute atomic E-state index is 0.202. The van der Waals surface area contributed by atoms with Crippen LogP contribution in [-0.2, 0) is 0 Å². The Morgan fingerprint density at radius 3 is 2.62 bits per heavy atom. The van der Waals surface area contributed by atoms with Gasteiger partial charge < -0.3 is 0 Å². The molecule has 0 fully saturated rings. The minimum atomic E-state index is -0.202.